The third kappa shape index (κ3) is 4.72. The Hall–Kier alpha value is -3.08. The van der Waals surface area contributed by atoms with E-state index < -0.39 is 21.5 Å². The first-order chi connectivity index (χ1) is 15.2. The van der Waals surface area contributed by atoms with Crippen molar-refractivity contribution in [2.75, 3.05) is 23.9 Å². The number of aromatic nitrogens is 3. The standard InChI is InChI=1S/C21H23F2N5O3S/c1-32(30,31)9-3-8-24-21(29)12-6-7-15-13(10-12)17-19(27-15)25-11-26-20(17)28-16-5-2-4-14(22)18(16)23/h2,4-5,11-12H,3,6-10H2,1H3,(H,24,29)(H2,25,26,27,28). The number of amides is 1. The molecule has 11 heteroatoms. The van der Waals surface area contributed by atoms with Gasteiger partial charge in [-0.15, -0.1) is 0 Å². The predicted octanol–water partition coefficient (Wildman–Crippen LogP) is 2.64. The molecule has 2 aromatic heterocycles. The largest absolute Gasteiger partial charge is 0.356 e. The third-order valence-electron chi connectivity index (χ3n) is 5.54. The van der Waals surface area contributed by atoms with E-state index in [1.807, 2.05) is 0 Å². The molecule has 1 aliphatic carbocycles. The third-order valence-corrected chi connectivity index (χ3v) is 6.57. The molecule has 3 N–H and O–H groups in total. The maximum atomic E-state index is 14.2. The van der Waals surface area contributed by atoms with Crippen LogP contribution in [-0.4, -0.2) is 47.8 Å². The van der Waals surface area contributed by atoms with E-state index >= 15 is 0 Å². The van der Waals surface area contributed by atoms with Crippen LogP contribution in [0.4, 0.5) is 20.3 Å². The van der Waals surface area contributed by atoms with Crippen molar-refractivity contribution in [3.63, 3.8) is 0 Å². The van der Waals surface area contributed by atoms with Gasteiger partial charge in [-0.3, -0.25) is 4.79 Å². The maximum absolute atomic E-state index is 14.2. The first kappa shape index (κ1) is 22.1. The second kappa shape index (κ2) is 8.81. The molecule has 0 spiro atoms. The number of sulfone groups is 1. The van der Waals surface area contributed by atoms with Crippen molar-refractivity contribution in [1.82, 2.24) is 20.3 Å². The van der Waals surface area contributed by atoms with Gasteiger partial charge in [-0.1, -0.05) is 6.07 Å². The van der Waals surface area contributed by atoms with Crippen LogP contribution in [0, 0.1) is 17.6 Å². The fourth-order valence-electron chi connectivity index (χ4n) is 3.98. The van der Waals surface area contributed by atoms with Gasteiger partial charge in [0.05, 0.1) is 16.8 Å². The number of nitrogens with zero attached hydrogens (tertiary/aromatic N) is 2. The van der Waals surface area contributed by atoms with E-state index in [9.17, 15) is 22.0 Å². The van der Waals surface area contributed by atoms with Gasteiger partial charge in [0.15, 0.2) is 11.6 Å². The van der Waals surface area contributed by atoms with Gasteiger partial charge in [-0.2, -0.15) is 0 Å². The van der Waals surface area contributed by atoms with Crippen LogP contribution in [0.25, 0.3) is 11.0 Å². The van der Waals surface area contributed by atoms with Crippen LogP contribution in [0.2, 0.25) is 0 Å². The van der Waals surface area contributed by atoms with Crippen LogP contribution < -0.4 is 10.6 Å². The number of carbonyl (C=O) groups excluding carboxylic acids is 1. The highest BCUT2D eigenvalue weighted by molar-refractivity contribution is 7.90. The monoisotopic (exact) mass is 463 g/mol. The summed E-state index contributed by atoms with van der Waals surface area (Å²) in [5.74, 6) is -2.06. The summed E-state index contributed by atoms with van der Waals surface area (Å²) in [5, 5.41) is 6.30. The van der Waals surface area contributed by atoms with Crippen molar-refractivity contribution in [1.29, 1.82) is 0 Å². The smallest absolute Gasteiger partial charge is 0.223 e. The molecule has 170 valence electrons. The van der Waals surface area contributed by atoms with Crippen LogP contribution in [-0.2, 0) is 27.5 Å². The summed E-state index contributed by atoms with van der Waals surface area (Å²) >= 11 is 0. The quantitative estimate of drug-likeness (QED) is 0.464. The summed E-state index contributed by atoms with van der Waals surface area (Å²) in [6, 6.07) is 3.85. The number of hydrogen-bond donors (Lipinski definition) is 3. The number of halogens is 2. The van der Waals surface area contributed by atoms with Crippen molar-refractivity contribution >= 4 is 38.3 Å². The number of carbonyl (C=O) groups is 1. The fourth-order valence-corrected chi connectivity index (χ4v) is 4.65. The molecular weight excluding hydrogens is 440 g/mol. The molecule has 0 fully saturated rings. The predicted molar refractivity (Wildman–Crippen MR) is 116 cm³/mol. The van der Waals surface area contributed by atoms with E-state index in [4.69, 9.17) is 0 Å². The zero-order chi connectivity index (χ0) is 22.9. The molecular formula is C21H23F2N5O3S. The van der Waals surface area contributed by atoms with Gasteiger partial charge in [0.1, 0.15) is 27.6 Å². The average molecular weight is 464 g/mol. The molecule has 32 heavy (non-hydrogen) atoms. The average Bonchev–Trinajstić information content (AvgIpc) is 3.12. The summed E-state index contributed by atoms with van der Waals surface area (Å²) in [6.45, 7) is 0.290. The summed E-state index contributed by atoms with van der Waals surface area (Å²) in [4.78, 5) is 24.3. The molecule has 0 aliphatic heterocycles. The van der Waals surface area contributed by atoms with Gasteiger partial charge in [0.25, 0.3) is 0 Å². The maximum Gasteiger partial charge on any atom is 0.223 e. The van der Waals surface area contributed by atoms with Crippen molar-refractivity contribution in [3.8, 4) is 0 Å². The Labute approximate surface area is 183 Å². The molecule has 3 aromatic rings. The minimum atomic E-state index is -3.07. The van der Waals surface area contributed by atoms with Gasteiger partial charge in [0, 0.05) is 24.4 Å². The topological polar surface area (TPSA) is 117 Å². The normalized spacial score (nSPS) is 16.0. The Morgan fingerprint density at radius 2 is 2.09 bits per heavy atom. The highest BCUT2D eigenvalue weighted by Crippen LogP contribution is 2.35. The Morgan fingerprint density at radius 1 is 1.28 bits per heavy atom. The number of nitrogens with one attached hydrogen (secondary N) is 3. The first-order valence-corrected chi connectivity index (χ1v) is 12.3. The highest BCUT2D eigenvalue weighted by Gasteiger charge is 2.29. The zero-order valence-corrected chi connectivity index (χ0v) is 18.2. The molecule has 1 atom stereocenters. The summed E-state index contributed by atoms with van der Waals surface area (Å²) in [7, 11) is -3.07. The zero-order valence-electron chi connectivity index (χ0n) is 17.4. The van der Waals surface area contributed by atoms with Crippen LogP contribution >= 0.6 is 0 Å². The lowest BCUT2D eigenvalue weighted by Gasteiger charge is -2.22. The number of aryl methyl sites for hydroxylation is 1. The Balaban J connectivity index is 1.54. The lowest BCUT2D eigenvalue weighted by molar-refractivity contribution is -0.125. The van der Waals surface area contributed by atoms with Crippen molar-refractivity contribution in [3.05, 3.63) is 47.4 Å². The number of anilines is 2. The van der Waals surface area contributed by atoms with Crippen LogP contribution in [0.15, 0.2) is 24.5 Å². The molecule has 8 nitrogen and oxygen atoms in total. The minimum Gasteiger partial charge on any atom is -0.356 e. The molecule has 2 heterocycles. The SMILES string of the molecule is CS(=O)(=O)CCCNC(=O)C1CCc2[nH]c3ncnc(Nc4cccc(F)c4F)c3c2C1. The van der Waals surface area contributed by atoms with Crippen molar-refractivity contribution in [2.45, 2.75) is 25.7 Å². The molecule has 1 amide bonds. The van der Waals surface area contributed by atoms with E-state index in [-0.39, 0.29) is 29.8 Å². The van der Waals surface area contributed by atoms with Gasteiger partial charge in [0.2, 0.25) is 5.91 Å². The van der Waals surface area contributed by atoms with E-state index in [2.05, 4.69) is 25.6 Å². The molecule has 1 aromatic carbocycles. The first-order valence-electron chi connectivity index (χ1n) is 10.2. The van der Waals surface area contributed by atoms with E-state index in [0.29, 0.717) is 42.5 Å². The van der Waals surface area contributed by atoms with Crippen LogP contribution in [0.1, 0.15) is 24.1 Å². The summed E-state index contributed by atoms with van der Waals surface area (Å²) in [5.41, 5.74) is 2.31. The Morgan fingerprint density at radius 3 is 2.88 bits per heavy atom. The highest BCUT2D eigenvalue weighted by atomic mass is 32.2. The van der Waals surface area contributed by atoms with Crippen molar-refractivity contribution in [2.24, 2.45) is 5.92 Å². The number of fused-ring (bicyclic) bond motifs is 3. The number of aromatic amines is 1. The summed E-state index contributed by atoms with van der Waals surface area (Å²) < 4.78 is 50.2. The van der Waals surface area contributed by atoms with Gasteiger partial charge in [-0.25, -0.2) is 27.2 Å². The number of H-pyrrole nitrogens is 1. The lowest BCUT2D eigenvalue weighted by atomic mass is 9.86. The molecule has 1 aliphatic rings. The van der Waals surface area contributed by atoms with E-state index in [1.54, 1.807) is 0 Å². The molecule has 4 rings (SSSR count). The summed E-state index contributed by atoms with van der Waals surface area (Å²) in [6.07, 6.45) is 4.54. The second-order valence-corrected chi connectivity index (χ2v) is 10.2. The van der Waals surface area contributed by atoms with Crippen LogP contribution in [0.3, 0.4) is 0 Å². The number of benzene rings is 1. The van der Waals surface area contributed by atoms with Gasteiger partial charge in [-0.05, 0) is 43.4 Å². The Bertz CT molecular complexity index is 1280. The van der Waals surface area contributed by atoms with E-state index in [0.717, 1.165) is 23.6 Å². The number of hydrogen-bond acceptors (Lipinski definition) is 6. The number of rotatable bonds is 7. The Kier molecular flexibility index (Phi) is 6.09. The van der Waals surface area contributed by atoms with Gasteiger partial charge < -0.3 is 15.6 Å². The molecule has 1 unspecified atom stereocenters. The minimum absolute atomic E-state index is 0.0214. The lowest BCUT2D eigenvalue weighted by Crippen LogP contribution is -2.35. The van der Waals surface area contributed by atoms with Crippen molar-refractivity contribution < 1.29 is 22.0 Å². The molecule has 0 saturated carbocycles. The van der Waals surface area contributed by atoms with Gasteiger partial charge >= 0.3 is 0 Å². The molecule has 0 saturated heterocycles. The second-order valence-electron chi connectivity index (χ2n) is 7.97. The fraction of sp³-hybridized carbons (Fsp3) is 0.381. The molecule has 0 bridgehead atoms. The van der Waals surface area contributed by atoms with E-state index in [1.165, 1.54) is 18.5 Å². The van der Waals surface area contributed by atoms with Crippen LogP contribution in [0.5, 0.6) is 0 Å². The molecule has 0 radical (unpaired) electrons.